The first-order chi connectivity index (χ1) is 12.2. The first-order valence-electron chi connectivity index (χ1n) is 8.08. The minimum absolute atomic E-state index is 0.406. The fraction of sp³-hybridized carbons (Fsp3) is 0.312. The minimum Gasteiger partial charge on any atom is -0.384 e. The van der Waals surface area contributed by atoms with Crippen molar-refractivity contribution in [3.05, 3.63) is 27.6 Å². The van der Waals surface area contributed by atoms with Gasteiger partial charge in [0, 0.05) is 27.2 Å². The van der Waals surface area contributed by atoms with Crippen LogP contribution in [0.1, 0.15) is 12.0 Å². The highest BCUT2D eigenvalue weighted by Gasteiger charge is 2.19. The van der Waals surface area contributed by atoms with Crippen LogP contribution in [0, 0.1) is 3.57 Å². The number of benzene rings is 1. The Kier molecular flexibility index (Phi) is 4.69. The Labute approximate surface area is 163 Å². The summed E-state index contributed by atoms with van der Waals surface area (Å²) in [5.41, 5.74) is 15.7. The molecular weight excluding hydrogens is 449 g/mol. The molecule has 0 amide bonds. The molecule has 5 N–H and O–H groups in total. The predicted octanol–water partition coefficient (Wildman–Crippen LogP) is 2.48. The Bertz CT molecular complexity index is 940. The van der Waals surface area contributed by atoms with Crippen molar-refractivity contribution in [3.63, 3.8) is 0 Å². The molecular formula is C16H18IN7S. The molecule has 9 heteroatoms. The Morgan fingerprint density at radius 2 is 2.20 bits per heavy atom. The van der Waals surface area contributed by atoms with Crippen molar-refractivity contribution < 1.29 is 0 Å². The highest BCUT2D eigenvalue weighted by Crippen LogP contribution is 2.37. The zero-order valence-corrected chi connectivity index (χ0v) is 16.5. The third-order valence-electron chi connectivity index (χ3n) is 4.18. The van der Waals surface area contributed by atoms with Gasteiger partial charge in [-0.3, -0.25) is 0 Å². The van der Waals surface area contributed by atoms with Crippen LogP contribution in [0.3, 0.4) is 0 Å². The van der Waals surface area contributed by atoms with E-state index in [0.29, 0.717) is 17.9 Å². The largest absolute Gasteiger partial charge is 0.384 e. The molecule has 1 aliphatic rings. The van der Waals surface area contributed by atoms with E-state index in [2.05, 4.69) is 54.6 Å². The van der Waals surface area contributed by atoms with Crippen molar-refractivity contribution in [2.45, 2.75) is 29.4 Å². The normalized spacial score (nSPS) is 13.2. The molecule has 25 heavy (non-hydrogen) atoms. The Morgan fingerprint density at radius 3 is 3.04 bits per heavy atom. The summed E-state index contributed by atoms with van der Waals surface area (Å²) in [6, 6.07) is 4.45. The fourth-order valence-electron chi connectivity index (χ4n) is 2.94. The summed E-state index contributed by atoms with van der Waals surface area (Å²) in [4.78, 5) is 14.3. The minimum atomic E-state index is 0.406. The van der Waals surface area contributed by atoms with E-state index in [1.807, 2.05) is 0 Å². The number of hydrogen-bond donors (Lipinski definition) is 3. The van der Waals surface area contributed by atoms with E-state index >= 15 is 0 Å². The number of aryl methyl sites for hydroxylation is 1. The molecule has 0 saturated heterocycles. The number of rotatable bonds is 5. The third-order valence-corrected chi connectivity index (χ3v) is 6.49. The molecule has 7 nitrogen and oxygen atoms in total. The van der Waals surface area contributed by atoms with Gasteiger partial charge in [0.2, 0.25) is 0 Å². The number of fused-ring (bicyclic) bond motifs is 2. The standard InChI is InChI=1S/C16H18IN7S/c17-10-6-9-2-4-20-11(9)7-12(10)25-16-23-13-14(19)21-8-22-15(13)24(16)5-1-3-18/h6-8,20H,1-5,18H2,(H2,19,21,22). The summed E-state index contributed by atoms with van der Waals surface area (Å²) in [6.07, 6.45) is 3.42. The summed E-state index contributed by atoms with van der Waals surface area (Å²) in [5.74, 6) is 0.406. The predicted molar refractivity (Wildman–Crippen MR) is 109 cm³/mol. The number of nitrogens with two attached hydrogens (primary N) is 2. The molecule has 0 fully saturated rings. The summed E-state index contributed by atoms with van der Waals surface area (Å²) < 4.78 is 3.31. The molecule has 0 atom stereocenters. The molecule has 3 heterocycles. The second-order valence-corrected chi connectivity index (χ2v) is 8.01. The molecule has 130 valence electrons. The topological polar surface area (TPSA) is 108 Å². The van der Waals surface area contributed by atoms with Crippen LogP contribution < -0.4 is 16.8 Å². The number of nitrogens with one attached hydrogen (secondary N) is 1. The van der Waals surface area contributed by atoms with Crippen molar-refractivity contribution in [1.29, 1.82) is 0 Å². The lowest BCUT2D eigenvalue weighted by atomic mass is 10.2. The van der Waals surface area contributed by atoms with Crippen molar-refractivity contribution in [3.8, 4) is 0 Å². The number of aromatic nitrogens is 4. The van der Waals surface area contributed by atoms with Crippen LogP contribution in [0.25, 0.3) is 11.2 Å². The zero-order chi connectivity index (χ0) is 17.4. The first kappa shape index (κ1) is 16.9. The van der Waals surface area contributed by atoms with Gasteiger partial charge in [-0.15, -0.1) is 0 Å². The van der Waals surface area contributed by atoms with Crippen LogP contribution in [0.2, 0.25) is 0 Å². The number of halogens is 1. The third kappa shape index (κ3) is 3.15. The van der Waals surface area contributed by atoms with Crippen LogP contribution in [0.15, 0.2) is 28.5 Å². The number of imidazole rings is 1. The van der Waals surface area contributed by atoms with Gasteiger partial charge in [0.1, 0.15) is 6.33 Å². The highest BCUT2D eigenvalue weighted by molar-refractivity contribution is 14.1. The summed E-state index contributed by atoms with van der Waals surface area (Å²) in [5, 5.41) is 4.30. The number of anilines is 2. The van der Waals surface area contributed by atoms with Gasteiger partial charge in [-0.2, -0.15) is 0 Å². The van der Waals surface area contributed by atoms with E-state index in [1.54, 1.807) is 11.8 Å². The lowest BCUT2D eigenvalue weighted by Gasteiger charge is -2.10. The number of nitrogen functional groups attached to an aromatic ring is 1. The van der Waals surface area contributed by atoms with E-state index in [1.165, 1.54) is 26.0 Å². The maximum absolute atomic E-state index is 5.99. The first-order valence-corrected chi connectivity index (χ1v) is 9.98. The van der Waals surface area contributed by atoms with Gasteiger partial charge in [-0.25, -0.2) is 15.0 Å². The summed E-state index contributed by atoms with van der Waals surface area (Å²) >= 11 is 4.02. The maximum atomic E-state index is 5.99. The van der Waals surface area contributed by atoms with Gasteiger partial charge in [-0.1, -0.05) is 11.8 Å². The Hall–Kier alpha value is -1.59. The number of hydrogen-bond acceptors (Lipinski definition) is 7. The SMILES string of the molecule is NCCCn1c(Sc2cc3c(cc2I)CCN3)nc2c(N)ncnc21. The molecule has 0 radical (unpaired) electrons. The van der Waals surface area contributed by atoms with E-state index < -0.39 is 0 Å². The molecule has 4 rings (SSSR count). The molecule has 0 bridgehead atoms. The molecule has 0 saturated carbocycles. The second kappa shape index (κ2) is 6.96. The molecule has 3 aromatic rings. The summed E-state index contributed by atoms with van der Waals surface area (Å²) in [6.45, 7) is 2.37. The average Bonchev–Trinajstić information content (AvgIpc) is 3.18. The molecule has 2 aromatic heterocycles. The smallest absolute Gasteiger partial charge is 0.175 e. The van der Waals surface area contributed by atoms with E-state index in [0.717, 1.165) is 36.7 Å². The lowest BCUT2D eigenvalue weighted by Crippen LogP contribution is -2.07. The molecule has 0 aliphatic carbocycles. The Morgan fingerprint density at radius 1 is 1.32 bits per heavy atom. The average molecular weight is 467 g/mol. The molecule has 1 aliphatic heterocycles. The maximum Gasteiger partial charge on any atom is 0.175 e. The van der Waals surface area contributed by atoms with Crippen LogP contribution in [-0.4, -0.2) is 32.6 Å². The molecule has 0 spiro atoms. The van der Waals surface area contributed by atoms with Gasteiger partial charge < -0.3 is 21.4 Å². The van der Waals surface area contributed by atoms with Crippen LogP contribution in [0.5, 0.6) is 0 Å². The van der Waals surface area contributed by atoms with Crippen molar-refractivity contribution in [2.75, 3.05) is 24.1 Å². The van der Waals surface area contributed by atoms with E-state index in [9.17, 15) is 0 Å². The zero-order valence-electron chi connectivity index (χ0n) is 13.5. The van der Waals surface area contributed by atoms with Gasteiger partial charge >= 0.3 is 0 Å². The van der Waals surface area contributed by atoms with Crippen molar-refractivity contribution in [1.82, 2.24) is 19.5 Å². The van der Waals surface area contributed by atoms with Gasteiger partial charge in [0.15, 0.2) is 22.1 Å². The van der Waals surface area contributed by atoms with Crippen molar-refractivity contribution >= 4 is 57.0 Å². The summed E-state index contributed by atoms with van der Waals surface area (Å²) in [7, 11) is 0. The monoisotopic (exact) mass is 467 g/mol. The Balaban J connectivity index is 1.77. The van der Waals surface area contributed by atoms with Crippen LogP contribution in [-0.2, 0) is 13.0 Å². The quantitative estimate of drug-likeness (QED) is 0.495. The van der Waals surface area contributed by atoms with Gasteiger partial charge in [-0.05, 0) is 59.7 Å². The molecule has 0 unspecified atom stereocenters. The van der Waals surface area contributed by atoms with E-state index in [4.69, 9.17) is 16.5 Å². The number of nitrogens with zero attached hydrogens (tertiary/aromatic N) is 4. The van der Waals surface area contributed by atoms with Crippen molar-refractivity contribution in [2.24, 2.45) is 5.73 Å². The second-order valence-electron chi connectivity index (χ2n) is 5.84. The molecule has 1 aromatic carbocycles. The highest BCUT2D eigenvalue weighted by atomic mass is 127. The van der Waals surface area contributed by atoms with Gasteiger partial charge in [0.25, 0.3) is 0 Å². The fourth-order valence-corrected chi connectivity index (χ4v) is 4.75. The lowest BCUT2D eigenvalue weighted by molar-refractivity contribution is 0.612. The van der Waals surface area contributed by atoms with Gasteiger partial charge in [0.05, 0.1) is 0 Å². The van der Waals surface area contributed by atoms with Crippen LogP contribution >= 0.6 is 34.4 Å². The van der Waals surface area contributed by atoms with E-state index in [-0.39, 0.29) is 0 Å². The van der Waals surface area contributed by atoms with Crippen LogP contribution in [0.4, 0.5) is 11.5 Å².